The summed E-state index contributed by atoms with van der Waals surface area (Å²) in [7, 11) is 0. The van der Waals surface area contributed by atoms with Crippen LogP contribution in [0, 0.1) is 12.8 Å². The van der Waals surface area contributed by atoms with Gasteiger partial charge in [-0.15, -0.1) is 0 Å². The van der Waals surface area contributed by atoms with E-state index in [0.717, 1.165) is 33.6 Å². The van der Waals surface area contributed by atoms with Crippen molar-refractivity contribution in [3.63, 3.8) is 0 Å². The second-order valence-corrected chi connectivity index (χ2v) is 11.9. The number of aromatic nitrogens is 1. The molecule has 2 aromatic carbocycles. The Hall–Kier alpha value is -4.42. The number of carbonyl (C=O) groups excluding carboxylic acids is 4. The Morgan fingerprint density at radius 1 is 1.00 bits per heavy atom. The molecule has 0 spiro atoms. The first-order valence-electron chi connectivity index (χ1n) is 13.2. The number of thioether (sulfide) groups is 1. The zero-order chi connectivity index (χ0) is 29.5. The second-order valence-electron chi connectivity index (χ2n) is 9.82. The summed E-state index contributed by atoms with van der Waals surface area (Å²) < 4.78 is 12.1. The third-order valence-corrected chi connectivity index (χ3v) is 9.86. The molecule has 4 heterocycles. The van der Waals surface area contributed by atoms with Crippen LogP contribution in [0.15, 0.2) is 81.2 Å². The van der Waals surface area contributed by atoms with Gasteiger partial charge in [0.2, 0.25) is 17.7 Å². The van der Waals surface area contributed by atoms with Crippen LogP contribution in [0.25, 0.3) is 0 Å². The van der Waals surface area contributed by atoms with Crippen LogP contribution in [0.5, 0.6) is 0 Å². The molecule has 1 saturated heterocycles. The van der Waals surface area contributed by atoms with Crippen LogP contribution in [0.3, 0.4) is 0 Å². The van der Waals surface area contributed by atoms with Crippen molar-refractivity contribution < 1.29 is 28.3 Å². The van der Waals surface area contributed by atoms with Crippen molar-refractivity contribution in [2.75, 3.05) is 16.8 Å². The molecule has 12 heteroatoms. The number of para-hydroxylation sites is 1. The third kappa shape index (κ3) is 4.76. The number of esters is 1. The number of nitrogens with zero attached hydrogens (tertiary/aromatic N) is 2. The van der Waals surface area contributed by atoms with Gasteiger partial charge in [0.1, 0.15) is 17.6 Å². The fourth-order valence-corrected chi connectivity index (χ4v) is 8.05. The summed E-state index contributed by atoms with van der Waals surface area (Å²) in [6.07, 6.45) is 1.48. The van der Waals surface area contributed by atoms with Crippen molar-refractivity contribution in [1.29, 1.82) is 0 Å². The fraction of sp³-hybridized carbons (Fsp3) is 0.233. The van der Waals surface area contributed by atoms with Crippen LogP contribution in [0.4, 0.5) is 11.4 Å². The number of benzene rings is 2. The number of ether oxygens (including phenoxy) is 1. The largest absolute Gasteiger partial charge is 0.469 e. The molecule has 6 rings (SSSR count). The van der Waals surface area contributed by atoms with Crippen LogP contribution in [-0.2, 0) is 25.7 Å². The number of amides is 3. The summed E-state index contributed by atoms with van der Waals surface area (Å²) in [6, 6.07) is 16.8. The van der Waals surface area contributed by atoms with E-state index in [1.54, 1.807) is 25.1 Å². The van der Waals surface area contributed by atoms with Crippen molar-refractivity contribution in [3.05, 3.63) is 98.4 Å². The molecule has 42 heavy (non-hydrogen) atoms. The van der Waals surface area contributed by atoms with Crippen LogP contribution >= 0.6 is 23.1 Å². The molecule has 3 amide bonds. The van der Waals surface area contributed by atoms with Crippen LogP contribution in [-0.4, -0.2) is 40.1 Å². The molecule has 4 aromatic rings. The molecule has 1 fully saturated rings. The average Bonchev–Trinajstić information content (AvgIpc) is 3.67. The molecule has 3 atom stereocenters. The first-order chi connectivity index (χ1) is 20.3. The second kappa shape index (κ2) is 11.1. The van der Waals surface area contributed by atoms with Crippen LogP contribution < -0.4 is 15.1 Å². The zero-order valence-corrected chi connectivity index (χ0v) is 24.2. The minimum absolute atomic E-state index is 0.223. The molecule has 1 N–H and O–H groups in total. The first kappa shape index (κ1) is 27.7. The highest BCUT2D eigenvalue weighted by atomic mass is 32.2. The summed E-state index contributed by atoms with van der Waals surface area (Å²) in [5.74, 6) is -2.85. The average molecular weight is 604 g/mol. The predicted octanol–water partition coefficient (Wildman–Crippen LogP) is 4.42. The monoisotopic (exact) mass is 603 g/mol. The molecule has 2 aliphatic rings. The topological polar surface area (TPSA) is 128 Å². The summed E-state index contributed by atoms with van der Waals surface area (Å²) in [5.41, 5.74) is 2.15. The van der Waals surface area contributed by atoms with Gasteiger partial charge < -0.3 is 14.5 Å². The molecule has 0 aliphatic carbocycles. The number of nitrogens with one attached hydrogen (secondary N) is 1. The Balaban J connectivity index is 1.35. The molecule has 0 bridgehead atoms. The maximum absolute atomic E-state index is 13.9. The van der Waals surface area contributed by atoms with E-state index in [0.29, 0.717) is 32.6 Å². The molecule has 0 saturated carbocycles. The Kier molecular flexibility index (Phi) is 7.33. The van der Waals surface area contributed by atoms with Gasteiger partial charge in [-0.25, -0.2) is 9.69 Å². The maximum atomic E-state index is 13.9. The third-order valence-electron chi connectivity index (χ3n) is 7.26. The summed E-state index contributed by atoms with van der Waals surface area (Å²) in [6.45, 7) is 3.55. The van der Waals surface area contributed by atoms with Crippen molar-refractivity contribution in [3.8, 4) is 0 Å². The van der Waals surface area contributed by atoms with E-state index in [1.807, 2.05) is 25.1 Å². The van der Waals surface area contributed by atoms with Gasteiger partial charge in [-0.2, -0.15) is 0 Å². The van der Waals surface area contributed by atoms with Crippen molar-refractivity contribution in [1.82, 2.24) is 4.57 Å². The maximum Gasteiger partial charge on any atom is 0.338 e. The summed E-state index contributed by atoms with van der Waals surface area (Å²) in [5, 5.41) is 2.46. The lowest BCUT2D eigenvalue weighted by Crippen LogP contribution is -2.32. The smallest absolute Gasteiger partial charge is 0.338 e. The Morgan fingerprint density at radius 3 is 2.45 bits per heavy atom. The molecule has 0 radical (unpaired) electrons. The van der Waals surface area contributed by atoms with E-state index >= 15 is 0 Å². The quantitative estimate of drug-likeness (QED) is 0.243. The number of thiazole rings is 1. The van der Waals surface area contributed by atoms with Gasteiger partial charge in [0, 0.05) is 5.69 Å². The number of imide groups is 1. The van der Waals surface area contributed by atoms with Gasteiger partial charge in [0.05, 0.1) is 45.9 Å². The Bertz CT molecular complexity index is 1760. The van der Waals surface area contributed by atoms with E-state index in [4.69, 9.17) is 9.15 Å². The van der Waals surface area contributed by atoms with Crippen LogP contribution in [0.2, 0.25) is 0 Å². The highest BCUT2D eigenvalue weighted by Gasteiger charge is 2.57. The normalized spacial score (nSPS) is 19.4. The minimum atomic E-state index is -0.857. The standard InChI is InChI=1S/C30H25N3O7S2/c1-3-39-29(37)17-10-12-18(13-11-17)33-26(35)23-22(20-9-6-14-40-20)25-28(41-24(23)27(33)36)32(30(38)42-25)15-21(34)31-19-8-5-4-7-16(19)2/h4-14,22-24H,3,15H2,1-2H3,(H,31,34). The van der Waals surface area contributed by atoms with Crippen molar-refractivity contribution in [2.45, 2.75) is 36.6 Å². The van der Waals surface area contributed by atoms with E-state index in [9.17, 15) is 24.0 Å². The number of furan rings is 1. The number of rotatable bonds is 7. The van der Waals surface area contributed by atoms with Gasteiger partial charge >= 0.3 is 10.8 Å². The lowest BCUT2D eigenvalue weighted by molar-refractivity contribution is -0.122. The van der Waals surface area contributed by atoms with Gasteiger partial charge in [-0.3, -0.25) is 23.7 Å². The number of fused-ring (bicyclic) bond motifs is 2. The van der Waals surface area contributed by atoms with Crippen molar-refractivity contribution >= 4 is 58.2 Å². The SMILES string of the molecule is CCOC(=O)c1ccc(N2C(=O)C3Sc4c(sc(=O)n4CC(=O)Nc4ccccc4C)C(c4ccco4)C3C2=O)cc1. The van der Waals surface area contributed by atoms with Gasteiger partial charge in [-0.1, -0.05) is 41.3 Å². The molecule has 214 valence electrons. The van der Waals surface area contributed by atoms with Crippen molar-refractivity contribution in [2.24, 2.45) is 5.92 Å². The molecule has 2 aromatic heterocycles. The zero-order valence-electron chi connectivity index (χ0n) is 22.6. The highest BCUT2D eigenvalue weighted by molar-refractivity contribution is 8.00. The highest BCUT2D eigenvalue weighted by Crippen LogP contribution is 2.53. The van der Waals surface area contributed by atoms with Gasteiger partial charge in [0.25, 0.3) is 0 Å². The number of aryl methyl sites for hydroxylation is 1. The predicted molar refractivity (Wildman–Crippen MR) is 157 cm³/mol. The van der Waals surface area contributed by atoms with Crippen LogP contribution in [0.1, 0.15) is 39.4 Å². The van der Waals surface area contributed by atoms with E-state index < -0.39 is 34.9 Å². The number of hydrogen-bond acceptors (Lipinski definition) is 9. The van der Waals surface area contributed by atoms with E-state index in [-0.39, 0.29) is 23.9 Å². The summed E-state index contributed by atoms with van der Waals surface area (Å²) in [4.78, 5) is 67.4. The van der Waals surface area contributed by atoms with Gasteiger partial charge in [-0.05, 0) is 61.9 Å². The minimum Gasteiger partial charge on any atom is -0.469 e. The Morgan fingerprint density at radius 2 is 1.76 bits per heavy atom. The molecule has 10 nitrogen and oxygen atoms in total. The number of hydrogen-bond donors (Lipinski definition) is 1. The lowest BCUT2D eigenvalue weighted by atomic mass is 9.87. The van der Waals surface area contributed by atoms with E-state index in [1.165, 1.54) is 35.1 Å². The number of carbonyl (C=O) groups is 4. The first-order valence-corrected chi connectivity index (χ1v) is 14.9. The molecule has 2 aliphatic heterocycles. The van der Waals surface area contributed by atoms with Gasteiger partial charge in [0.15, 0.2) is 0 Å². The van der Waals surface area contributed by atoms with E-state index in [2.05, 4.69) is 5.32 Å². The lowest BCUT2D eigenvalue weighted by Gasteiger charge is -2.29. The summed E-state index contributed by atoms with van der Waals surface area (Å²) >= 11 is 2.06. The molecular formula is C30H25N3O7S2. The molecular weight excluding hydrogens is 578 g/mol. The number of anilines is 2. The fourth-order valence-electron chi connectivity index (χ4n) is 5.29. The molecule has 3 unspecified atom stereocenters. The Labute approximate surface area is 248 Å².